The predicted molar refractivity (Wildman–Crippen MR) is 42.2 cm³/mol. The Morgan fingerprint density at radius 2 is 2.08 bits per heavy atom. The minimum absolute atomic E-state index is 0.357. The summed E-state index contributed by atoms with van der Waals surface area (Å²) in [7, 11) is -2.60. The monoisotopic (exact) mass is 209 g/mol. The maximum Gasteiger partial charge on any atom is 0.589 e. The fourth-order valence-electron chi connectivity index (χ4n) is 0.548. The van der Waals surface area contributed by atoms with E-state index in [4.69, 9.17) is 10.2 Å². The van der Waals surface area contributed by atoms with E-state index < -0.39 is 32.2 Å². The Balaban J connectivity index is 4.00. The van der Waals surface area contributed by atoms with E-state index in [1.165, 1.54) is 6.92 Å². The van der Waals surface area contributed by atoms with Gasteiger partial charge in [-0.25, -0.2) is 4.79 Å². The predicted octanol–water partition coefficient (Wildman–Crippen LogP) is 0.333. The van der Waals surface area contributed by atoms with Crippen molar-refractivity contribution >= 4 is 19.5 Å². The smallest absolute Gasteiger partial charge is 0.481 e. The van der Waals surface area contributed by atoms with Crippen LogP contribution in [0, 0.1) is 5.92 Å². The van der Waals surface area contributed by atoms with E-state index in [-0.39, 0.29) is 6.42 Å². The summed E-state index contributed by atoms with van der Waals surface area (Å²) in [6.45, 7) is 0.505. The molecule has 7 heteroatoms. The van der Waals surface area contributed by atoms with Crippen molar-refractivity contribution in [2.75, 3.05) is 6.79 Å². The van der Waals surface area contributed by atoms with Gasteiger partial charge in [0.1, 0.15) is 0 Å². The average Bonchev–Trinajstić information content (AvgIpc) is 2.04. The van der Waals surface area contributed by atoms with E-state index in [1.54, 1.807) is 0 Å². The Labute approximate surface area is 75.4 Å². The number of aliphatic hydroxyl groups is 1. The Hall–Kier alpha value is -0.840. The molecule has 0 saturated heterocycles. The lowest BCUT2D eigenvalue weighted by Gasteiger charge is -1.97. The summed E-state index contributed by atoms with van der Waals surface area (Å²) in [5.74, 6) is -2.03. The molecule has 0 heterocycles. The van der Waals surface area contributed by atoms with Gasteiger partial charge < -0.3 is 10.2 Å². The highest BCUT2D eigenvalue weighted by Crippen LogP contribution is 2.26. The van der Waals surface area contributed by atoms with Crippen molar-refractivity contribution < 1.29 is 28.9 Å². The molecular formula is C6H10O6P+. The third kappa shape index (κ3) is 4.67. The van der Waals surface area contributed by atoms with Gasteiger partial charge in [-0.2, -0.15) is 0 Å². The molecule has 0 rings (SSSR count). The van der Waals surface area contributed by atoms with Gasteiger partial charge in [0, 0.05) is 0 Å². The lowest BCUT2D eigenvalue weighted by molar-refractivity contribution is -0.142. The van der Waals surface area contributed by atoms with Gasteiger partial charge in [0.25, 0.3) is 0 Å². The Morgan fingerprint density at radius 1 is 1.54 bits per heavy atom. The molecule has 6 nitrogen and oxygen atoms in total. The second-order valence-electron chi connectivity index (χ2n) is 2.35. The largest absolute Gasteiger partial charge is 0.589 e. The van der Waals surface area contributed by atoms with Gasteiger partial charge in [0.15, 0.2) is 6.79 Å². The van der Waals surface area contributed by atoms with Crippen LogP contribution in [0.4, 0.5) is 0 Å². The molecule has 0 saturated carbocycles. The lowest BCUT2D eigenvalue weighted by atomic mass is 10.1. The van der Waals surface area contributed by atoms with Gasteiger partial charge in [-0.3, -0.25) is 4.79 Å². The maximum atomic E-state index is 10.9. The first-order valence-corrected chi connectivity index (χ1v) is 4.63. The number of carbonyl (C=O) groups excluding carboxylic acids is 1. The minimum Gasteiger partial charge on any atom is -0.481 e. The molecule has 2 N–H and O–H groups in total. The standard InChI is InChI=1S/C6H9O6P/c1-4(6(9)10)2-5(8)13(11)12-3-7/h4,7H,2-3H2,1H3/p+1. The molecule has 2 atom stereocenters. The van der Waals surface area contributed by atoms with E-state index in [2.05, 4.69) is 4.52 Å². The number of aliphatic hydroxyl groups excluding tert-OH is 1. The summed E-state index contributed by atoms with van der Waals surface area (Å²) in [6.07, 6.45) is -0.357. The molecule has 0 bridgehead atoms. The summed E-state index contributed by atoms with van der Waals surface area (Å²) in [6, 6.07) is 0. The fourth-order valence-corrected chi connectivity index (χ4v) is 1.22. The highest BCUT2D eigenvalue weighted by molar-refractivity contribution is 7.59. The van der Waals surface area contributed by atoms with Crippen LogP contribution in [0.25, 0.3) is 0 Å². The van der Waals surface area contributed by atoms with Crippen molar-refractivity contribution in [1.29, 1.82) is 0 Å². The number of carboxylic acids is 1. The molecule has 0 aliphatic rings. The third-order valence-corrected chi connectivity index (χ3v) is 2.22. The molecule has 0 spiro atoms. The first kappa shape index (κ1) is 12.2. The molecule has 0 radical (unpaired) electrons. The number of carboxylic acid groups (broad SMARTS) is 1. The molecular weight excluding hydrogens is 199 g/mol. The molecule has 2 unspecified atom stereocenters. The zero-order valence-electron chi connectivity index (χ0n) is 6.97. The fraction of sp³-hybridized carbons (Fsp3) is 0.667. The van der Waals surface area contributed by atoms with E-state index in [1.807, 2.05) is 0 Å². The van der Waals surface area contributed by atoms with Crippen LogP contribution in [0.5, 0.6) is 0 Å². The van der Waals surface area contributed by atoms with Crippen molar-refractivity contribution in [3.05, 3.63) is 0 Å². The van der Waals surface area contributed by atoms with Crippen molar-refractivity contribution in [3.63, 3.8) is 0 Å². The van der Waals surface area contributed by atoms with Crippen LogP contribution in [0.15, 0.2) is 0 Å². The molecule has 0 aliphatic carbocycles. The zero-order chi connectivity index (χ0) is 10.4. The van der Waals surface area contributed by atoms with Crippen molar-refractivity contribution in [2.45, 2.75) is 13.3 Å². The van der Waals surface area contributed by atoms with Gasteiger partial charge in [0.2, 0.25) is 0 Å². The van der Waals surface area contributed by atoms with E-state index in [0.717, 1.165) is 0 Å². The highest BCUT2D eigenvalue weighted by atomic mass is 31.1. The molecule has 74 valence electrons. The second-order valence-corrected chi connectivity index (χ2v) is 3.62. The molecule has 0 aromatic rings. The van der Waals surface area contributed by atoms with Gasteiger partial charge >= 0.3 is 19.5 Å². The molecule has 0 fully saturated rings. The van der Waals surface area contributed by atoms with Crippen molar-refractivity contribution in [1.82, 2.24) is 0 Å². The number of hydrogen-bond acceptors (Lipinski definition) is 5. The van der Waals surface area contributed by atoms with Crippen LogP contribution in [-0.2, 0) is 18.7 Å². The SMILES string of the molecule is CC(CC(=O)[P+](=O)OCO)C(=O)O. The quantitative estimate of drug-likeness (QED) is 0.483. The van der Waals surface area contributed by atoms with Crippen molar-refractivity contribution in [2.24, 2.45) is 5.92 Å². The van der Waals surface area contributed by atoms with Crippen LogP contribution in [-0.4, -0.2) is 28.5 Å². The minimum atomic E-state index is -2.60. The Kier molecular flexibility index (Phi) is 5.37. The van der Waals surface area contributed by atoms with Crippen LogP contribution in [0.1, 0.15) is 13.3 Å². The first-order chi connectivity index (χ1) is 5.99. The van der Waals surface area contributed by atoms with Crippen LogP contribution >= 0.6 is 8.03 Å². The molecule has 13 heavy (non-hydrogen) atoms. The molecule has 0 aromatic heterocycles. The second kappa shape index (κ2) is 5.75. The number of aliphatic carboxylic acids is 1. The van der Waals surface area contributed by atoms with E-state index in [0.29, 0.717) is 0 Å². The van der Waals surface area contributed by atoms with Gasteiger partial charge in [-0.15, -0.1) is 4.52 Å². The van der Waals surface area contributed by atoms with E-state index >= 15 is 0 Å². The summed E-state index contributed by atoms with van der Waals surface area (Å²) in [4.78, 5) is 21.1. The van der Waals surface area contributed by atoms with Crippen LogP contribution < -0.4 is 0 Å². The van der Waals surface area contributed by atoms with Crippen molar-refractivity contribution in [3.8, 4) is 0 Å². The topological polar surface area (TPSA) is 101 Å². The van der Waals surface area contributed by atoms with E-state index in [9.17, 15) is 14.2 Å². The van der Waals surface area contributed by atoms with Crippen LogP contribution in [0.2, 0.25) is 0 Å². The number of hydrogen-bond donors (Lipinski definition) is 2. The lowest BCUT2D eigenvalue weighted by Crippen LogP contribution is -2.13. The molecule has 0 aliphatic heterocycles. The number of carbonyl (C=O) groups is 2. The Morgan fingerprint density at radius 3 is 2.46 bits per heavy atom. The summed E-state index contributed by atoms with van der Waals surface area (Å²) in [5, 5.41) is 16.6. The highest BCUT2D eigenvalue weighted by Gasteiger charge is 2.33. The maximum absolute atomic E-state index is 10.9. The van der Waals surface area contributed by atoms with Gasteiger partial charge in [-0.1, -0.05) is 6.92 Å². The van der Waals surface area contributed by atoms with Crippen LogP contribution in [0.3, 0.4) is 0 Å². The average molecular weight is 209 g/mol. The molecule has 0 aromatic carbocycles. The van der Waals surface area contributed by atoms with Gasteiger partial charge in [-0.05, 0) is 4.57 Å². The summed E-state index contributed by atoms with van der Waals surface area (Å²) >= 11 is 0. The zero-order valence-corrected chi connectivity index (χ0v) is 7.86. The molecule has 0 amide bonds. The summed E-state index contributed by atoms with van der Waals surface area (Å²) < 4.78 is 14.8. The Bertz CT molecular complexity index is 225. The summed E-state index contributed by atoms with van der Waals surface area (Å²) in [5.41, 5.74) is -0.807. The van der Waals surface area contributed by atoms with Gasteiger partial charge in [0.05, 0.1) is 12.3 Å². The number of rotatable bonds is 6. The third-order valence-electron chi connectivity index (χ3n) is 1.28. The normalized spacial score (nSPS) is 13.5. The first-order valence-electron chi connectivity index (χ1n) is 3.45.